The Morgan fingerprint density at radius 3 is 1.21 bits per heavy atom. The van der Waals surface area contributed by atoms with Gasteiger partial charge in [-0.3, -0.25) is 0 Å². The fourth-order valence-corrected chi connectivity index (χ4v) is 3.33. The number of benzene rings is 4. The molecule has 0 N–H and O–H groups in total. The summed E-state index contributed by atoms with van der Waals surface area (Å²) in [6.07, 6.45) is 0. The molecule has 0 saturated carbocycles. The molecule has 0 aliphatic heterocycles. The molecule has 4 aromatic rings. The van der Waals surface area contributed by atoms with Gasteiger partial charge in [0.1, 0.15) is 0 Å². The fourth-order valence-electron chi connectivity index (χ4n) is 3.33. The van der Waals surface area contributed by atoms with Crippen molar-refractivity contribution in [3.63, 3.8) is 0 Å². The second kappa shape index (κ2) is 9.19. The van der Waals surface area contributed by atoms with Crippen LogP contribution in [0.25, 0.3) is 33.4 Å². The summed E-state index contributed by atoms with van der Waals surface area (Å²) in [6, 6.07) is 35.0. The largest absolute Gasteiger partial charge is 0.0683 e. The highest BCUT2D eigenvalue weighted by molar-refractivity contribution is 5.77. The average molecular weight is 365 g/mol. The van der Waals surface area contributed by atoms with Crippen LogP contribution < -0.4 is 0 Å². The first-order valence-corrected chi connectivity index (χ1v) is 10.0. The number of hydrogen-bond acceptors (Lipinski definition) is 0. The molecule has 0 amide bonds. The number of hydrogen-bond donors (Lipinski definition) is 0. The van der Waals surface area contributed by atoms with E-state index in [1.807, 2.05) is 13.8 Å². The molecule has 0 atom stereocenters. The Bertz CT molecular complexity index is 1040. The van der Waals surface area contributed by atoms with Gasteiger partial charge in [-0.2, -0.15) is 0 Å². The molecule has 0 nitrogen and oxygen atoms in total. The lowest BCUT2D eigenvalue weighted by molar-refractivity contribution is 1.46. The molecule has 4 aromatic carbocycles. The molecule has 0 radical (unpaired) electrons. The molecule has 0 heterocycles. The minimum atomic E-state index is 1.25. The molecule has 0 saturated heterocycles. The van der Waals surface area contributed by atoms with Crippen LogP contribution in [0.1, 0.15) is 25.0 Å². The highest BCUT2D eigenvalue weighted by Gasteiger charge is 2.04. The van der Waals surface area contributed by atoms with Gasteiger partial charge in [0.15, 0.2) is 0 Å². The van der Waals surface area contributed by atoms with Crippen molar-refractivity contribution < 1.29 is 0 Å². The van der Waals surface area contributed by atoms with Gasteiger partial charge in [0.25, 0.3) is 0 Å². The Balaban J connectivity index is 0.00000109. The molecule has 0 aliphatic rings. The van der Waals surface area contributed by atoms with Gasteiger partial charge in [-0.15, -0.1) is 0 Å². The lowest BCUT2D eigenvalue weighted by atomic mass is 9.95. The Morgan fingerprint density at radius 1 is 0.357 bits per heavy atom. The Hall–Kier alpha value is -3.12. The summed E-state index contributed by atoms with van der Waals surface area (Å²) in [4.78, 5) is 0. The Labute approximate surface area is 169 Å². The maximum Gasteiger partial charge on any atom is -0.0178 e. The summed E-state index contributed by atoms with van der Waals surface area (Å²) in [5.41, 5.74) is 10.1. The Kier molecular flexibility index (Phi) is 6.45. The Morgan fingerprint density at radius 2 is 0.750 bits per heavy atom. The van der Waals surface area contributed by atoms with Gasteiger partial charge in [-0.1, -0.05) is 110 Å². The van der Waals surface area contributed by atoms with E-state index in [0.29, 0.717) is 0 Å². The number of aryl methyl sites for hydroxylation is 2. The van der Waals surface area contributed by atoms with E-state index < -0.39 is 0 Å². The van der Waals surface area contributed by atoms with Gasteiger partial charge in [0.2, 0.25) is 0 Å². The van der Waals surface area contributed by atoms with Crippen LogP contribution in [0.15, 0.2) is 97.1 Å². The van der Waals surface area contributed by atoms with E-state index in [-0.39, 0.29) is 0 Å². The average Bonchev–Trinajstić information content (AvgIpc) is 2.76. The normalized spacial score (nSPS) is 10.1. The third-order valence-electron chi connectivity index (χ3n) is 4.79. The van der Waals surface area contributed by atoms with Crippen molar-refractivity contribution >= 4 is 0 Å². The zero-order chi connectivity index (χ0) is 19.9. The van der Waals surface area contributed by atoms with Crippen LogP contribution in [0.3, 0.4) is 0 Å². The highest BCUT2D eigenvalue weighted by Crippen LogP contribution is 2.30. The number of rotatable bonds is 3. The van der Waals surface area contributed by atoms with Crippen LogP contribution in [0.2, 0.25) is 0 Å². The molecule has 0 bridgehead atoms. The minimum Gasteiger partial charge on any atom is -0.0683 e. The summed E-state index contributed by atoms with van der Waals surface area (Å²) in [7, 11) is 0. The third kappa shape index (κ3) is 4.58. The third-order valence-corrected chi connectivity index (χ3v) is 4.79. The van der Waals surface area contributed by atoms with E-state index in [9.17, 15) is 0 Å². The fraction of sp³-hybridized carbons (Fsp3) is 0.143. The summed E-state index contributed by atoms with van der Waals surface area (Å²) < 4.78 is 0. The van der Waals surface area contributed by atoms with Crippen LogP contribution in [0.5, 0.6) is 0 Å². The zero-order valence-corrected chi connectivity index (χ0v) is 17.2. The van der Waals surface area contributed by atoms with Crippen LogP contribution in [-0.2, 0) is 0 Å². The molecule has 0 unspecified atom stereocenters. The summed E-state index contributed by atoms with van der Waals surface area (Å²) >= 11 is 0. The van der Waals surface area contributed by atoms with Crippen molar-refractivity contribution in [2.24, 2.45) is 0 Å². The van der Waals surface area contributed by atoms with Crippen molar-refractivity contribution in [3.05, 3.63) is 108 Å². The second-order valence-corrected chi connectivity index (χ2v) is 6.90. The molecule has 0 spiro atoms. The topological polar surface area (TPSA) is 0 Å². The quantitative estimate of drug-likeness (QED) is 0.343. The molecule has 0 aliphatic carbocycles. The van der Waals surface area contributed by atoms with Crippen molar-refractivity contribution in [3.8, 4) is 33.4 Å². The van der Waals surface area contributed by atoms with Gasteiger partial charge in [0.05, 0.1) is 0 Å². The second-order valence-electron chi connectivity index (χ2n) is 6.90. The smallest absolute Gasteiger partial charge is 0.0178 e. The van der Waals surface area contributed by atoms with Gasteiger partial charge in [0, 0.05) is 0 Å². The molecular formula is C28H28. The zero-order valence-electron chi connectivity index (χ0n) is 17.2. The van der Waals surface area contributed by atoms with E-state index >= 15 is 0 Å². The minimum absolute atomic E-state index is 1.25. The first kappa shape index (κ1) is 19.6. The van der Waals surface area contributed by atoms with E-state index in [2.05, 4.69) is 111 Å². The predicted octanol–water partition coefficient (Wildman–Crippen LogP) is 8.33. The lowest BCUT2D eigenvalue weighted by Gasteiger charge is -2.09. The van der Waals surface area contributed by atoms with E-state index in [1.165, 1.54) is 44.5 Å². The summed E-state index contributed by atoms with van der Waals surface area (Å²) in [5.74, 6) is 0. The first-order valence-electron chi connectivity index (χ1n) is 10.0. The standard InChI is InChI=1S/C26H22.C2H6/c1-19-12-14-21(15-13-19)23-8-4-10-25(17-23)26-11-5-9-24(18-26)22-7-3-6-20(2)16-22;1-2/h3-18H,1-2H3;1-2H3. The van der Waals surface area contributed by atoms with Crippen molar-refractivity contribution in [1.29, 1.82) is 0 Å². The molecule has 0 aromatic heterocycles. The van der Waals surface area contributed by atoms with E-state index in [1.54, 1.807) is 0 Å². The van der Waals surface area contributed by atoms with Gasteiger partial charge in [-0.05, 0) is 59.4 Å². The van der Waals surface area contributed by atoms with Gasteiger partial charge >= 0.3 is 0 Å². The maximum atomic E-state index is 2.28. The predicted molar refractivity (Wildman–Crippen MR) is 124 cm³/mol. The first-order chi connectivity index (χ1) is 13.7. The lowest BCUT2D eigenvalue weighted by Crippen LogP contribution is -1.84. The molecule has 0 heteroatoms. The van der Waals surface area contributed by atoms with Crippen LogP contribution in [0, 0.1) is 13.8 Å². The molecule has 0 fully saturated rings. The molecule has 28 heavy (non-hydrogen) atoms. The monoisotopic (exact) mass is 364 g/mol. The van der Waals surface area contributed by atoms with Gasteiger partial charge in [-0.25, -0.2) is 0 Å². The highest BCUT2D eigenvalue weighted by atomic mass is 14.1. The summed E-state index contributed by atoms with van der Waals surface area (Å²) in [6.45, 7) is 8.26. The SMILES string of the molecule is CC.Cc1ccc(-c2cccc(-c3cccc(-c4cccc(C)c4)c3)c2)cc1. The van der Waals surface area contributed by atoms with Crippen molar-refractivity contribution in [2.75, 3.05) is 0 Å². The van der Waals surface area contributed by atoms with Gasteiger partial charge < -0.3 is 0 Å². The van der Waals surface area contributed by atoms with Crippen molar-refractivity contribution in [2.45, 2.75) is 27.7 Å². The van der Waals surface area contributed by atoms with Crippen LogP contribution >= 0.6 is 0 Å². The maximum absolute atomic E-state index is 2.28. The van der Waals surface area contributed by atoms with E-state index in [0.717, 1.165) is 0 Å². The summed E-state index contributed by atoms with van der Waals surface area (Å²) in [5, 5.41) is 0. The van der Waals surface area contributed by atoms with Crippen LogP contribution in [-0.4, -0.2) is 0 Å². The molecular weight excluding hydrogens is 336 g/mol. The van der Waals surface area contributed by atoms with E-state index in [4.69, 9.17) is 0 Å². The molecule has 140 valence electrons. The molecule has 4 rings (SSSR count). The van der Waals surface area contributed by atoms with Crippen molar-refractivity contribution in [1.82, 2.24) is 0 Å². The van der Waals surface area contributed by atoms with Crippen LogP contribution in [0.4, 0.5) is 0 Å².